The van der Waals surface area contributed by atoms with Gasteiger partial charge in [-0.05, 0) is 65.2 Å². The van der Waals surface area contributed by atoms with Crippen molar-refractivity contribution in [3.05, 3.63) is 56.2 Å². The van der Waals surface area contributed by atoms with E-state index in [4.69, 9.17) is 0 Å². The van der Waals surface area contributed by atoms with Gasteiger partial charge >= 0.3 is 0 Å². The van der Waals surface area contributed by atoms with Gasteiger partial charge in [0.2, 0.25) is 11.8 Å². The minimum Gasteiger partial charge on any atom is -0.337 e. The topological polar surface area (TPSA) is 52.7 Å². The molecule has 0 spiro atoms. The number of hydrogen-bond acceptors (Lipinski definition) is 4. The number of hydrogen-bond donors (Lipinski definition) is 1. The van der Waals surface area contributed by atoms with Crippen LogP contribution in [0.5, 0.6) is 0 Å². The van der Waals surface area contributed by atoms with Gasteiger partial charge in [-0.3, -0.25) is 14.5 Å². The van der Waals surface area contributed by atoms with Crippen LogP contribution in [0, 0.1) is 13.8 Å². The average Bonchev–Trinajstić information content (AvgIpc) is 3.09. The van der Waals surface area contributed by atoms with Crippen LogP contribution in [-0.2, 0) is 9.59 Å². The molecule has 5 nitrogen and oxygen atoms in total. The van der Waals surface area contributed by atoms with E-state index in [1.54, 1.807) is 17.4 Å². The Kier molecular flexibility index (Phi) is 7.04. The second-order valence-electron chi connectivity index (χ2n) is 6.87. The lowest BCUT2D eigenvalue weighted by Crippen LogP contribution is -2.50. The Morgan fingerprint density at radius 3 is 2.57 bits per heavy atom. The van der Waals surface area contributed by atoms with Gasteiger partial charge in [0.15, 0.2) is 0 Å². The van der Waals surface area contributed by atoms with Gasteiger partial charge in [0.25, 0.3) is 0 Å². The van der Waals surface area contributed by atoms with Gasteiger partial charge in [0.1, 0.15) is 0 Å². The summed E-state index contributed by atoms with van der Waals surface area (Å²) in [5.41, 5.74) is 3.12. The largest absolute Gasteiger partial charge is 0.337 e. The van der Waals surface area contributed by atoms with Gasteiger partial charge in [-0.1, -0.05) is 12.1 Å². The van der Waals surface area contributed by atoms with Crippen molar-refractivity contribution in [1.82, 2.24) is 9.80 Å². The van der Waals surface area contributed by atoms with Crippen LogP contribution in [0.25, 0.3) is 6.08 Å². The van der Waals surface area contributed by atoms with Crippen molar-refractivity contribution in [3.63, 3.8) is 0 Å². The van der Waals surface area contributed by atoms with Crippen molar-refractivity contribution in [2.45, 2.75) is 13.8 Å². The Morgan fingerprint density at radius 2 is 1.89 bits per heavy atom. The van der Waals surface area contributed by atoms with Gasteiger partial charge < -0.3 is 10.2 Å². The SMILES string of the molecule is Cc1cccc(NC(=O)CN2CCN(C(=O)/C=C/c3ccc(Br)s3)CC2)c1C. The molecule has 1 N–H and O–H groups in total. The van der Waals surface area contributed by atoms with Crippen molar-refractivity contribution >= 4 is 50.8 Å². The molecule has 0 atom stereocenters. The predicted molar refractivity (Wildman–Crippen MR) is 119 cm³/mol. The van der Waals surface area contributed by atoms with E-state index in [0.29, 0.717) is 32.7 Å². The molecule has 0 saturated carbocycles. The van der Waals surface area contributed by atoms with Crippen molar-refractivity contribution in [2.75, 3.05) is 38.0 Å². The van der Waals surface area contributed by atoms with Gasteiger partial charge in [-0.2, -0.15) is 0 Å². The van der Waals surface area contributed by atoms with Crippen molar-refractivity contribution in [1.29, 1.82) is 0 Å². The first-order valence-electron chi connectivity index (χ1n) is 9.23. The van der Waals surface area contributed by atoms with Crippen LogP contribution in [0.2, 0.25) is 0 Å². The van der Waals surface area contributed by atoms with E-state index < -0.39 is 0 Å². The fourth-order valence-electron chi connectivity index (χ4n) is 3.08. The number of rotatable bonds is 5. The molecule has 3 rings (SSSR count). The first-order valence-corrected chi connectivity index (χ1v) is 10.8. The molecule has 1 saturated heterocycles. The molecule has 2 aromatic rings. The van der Waals surface area contributed by atoms with E-state index in [2.05, 4.69) is 26.1 Å². The van der Waals surface area contributed by atoms with Crippen LogP contribution in [0.3, 0.4) is 0 Å². The van der Waals surface area contributed by atoms with Crippen molar-refractivity contribution in [3.8, 4) is 0 Å². The molecule has 1 aromatic heterocycles. The fourth-order valence-corrected chi connectivity index (χ4v) is 4.41. The molecule has 1 aromatic carbocycles. The Hall–Kier alpha value is -1.96. The molecule has 148 valence electrons. The second kappa shape index (κ2) is 9.49. The highest BCUT2D eigenvalue weighted by Gasteiger charge is 2.21. The lowest BCUT2D eigenvalue weighted by molar-refractivity contribution is -0.127. The smallest absolute Gasteiger partial charge is 0.246 e. The van der Waals surface area contributed by atoms with Crippen LogP contribution in [0.1, 0.15) is 16.0 Å². The van der Waals surface area contributed by atoms with Crippen LogP contribution >= 0.6 is 27.3 Å². The van der Waals surface area contributed by atoms with E-state index in [9.17, 15) is 9.59 Å². The quantitative estimate of drug-likeness (QED) is 0.686. The third-order valence-corrected chi connectivity index (χ3v) is 6.50. The summed E-state index contributed by atoms with van der Waals surface area (Å²) in [6, 6.07) is 9.86. The summed E-state index contributed by atoms with van der Waals surface area (Å²) in [7, 11) is 0. The molecular formula is C21H24BrN3O2S. The van der Waals surface area contributed by atoms with E-state index in [1.807, 2.05) is 55.2 Å². The minimum atomic E-state index is -0.0170. The summed E-state index contributed by atoms with van der Waals surface area (Å²) in [4.78, 5) is 29.7. The predicted octanol–water partition coefficient (Wildman–Crippen LogP) is 3.92. The molecule has 0 bridgehead atoms. The first kappa shape index (κ1) is 20.8. The summed E-state index contributed by atoms with van der Waals surface area (Å²) in [5.74, 6) is 0.000606. The number of carbonyl (C=O) groups excluding carboxylic acids is 2. The maximum absolute atomic E-state index is 12.4. The summed E-state index contributed by atoms with van der Waals surface area (Å²) in [6.45, 7) is 7.05. The molecular weight excluding hydrogens is 438 g/mol. The highest BCUT2D eigenvalue weighted by atomic mass is 79.9. The zero-order valence-electron chi connectivity index (χ0n) is 16.1. The number of carbonyl (C=O) groups is 2. The number of thiophene rings is 1. The number of halogens is 1. The molecule has 7 heteroatoms. The molecule has 0 unspecified atom stereocenters. The molecule has 2 heterocycles. The normalized spacial score (nSPS) is 15.2. The summed E-state index contributed by atoms with van der Waals surface area (Å²) in [5, 5.41) is 3.00. The zero-order valence-corrected chi connectivity index (χ0v) is 18.5. The molecule has 1 aliphatic heterocycles. The lowest BCUT2D eigenvalue weighted by Gasteiger charge is -2.33. The van der Waals surface area contributed by atoms with Crippen LogP contribution < -0.4 is 5.32 Å². The number of aryl methyl sites for hydroxylation is 1. The van der Waals surface area contributed by atoms with E-state index >= 15 is 0 Å². The van der Waals surface area contributed by atoms with E-state index in [1.165, 1.54) is 0 Å². The monoisotopic (exact) mass is 461 g/mol. The minimum absolute atomic E-state index is 0.0170. The number of amides is 2. The molecule has 1 aliphatic rings. The van der Waals surface area contributed by atoms with Crippen LogP contribution in [0.4, 0.5) is 5.69 Å². The standard InChI is InChI=1S/C21H24BrN3O2S/c1-15-4-3-5-18(16(15)2)23-20(26)14-24-10-12-25(13-11-24)21(27)9-7-17-6-8-19(22)28-17/h3-9H,10-14H2,1-2H3,(H,23,26)/b9-7+. The van der Waals surface area contributed by atoms with Gasteiger partial charge in [0.05, 0.1) is 10.3 Å². The zero-order chi connectivity index (χ0) is 20.1. The molecule has 0 aliphatic carbocycles. The Morgan fingerprint density at radius 1 is 1.14 bits per heavy atom. The van der Waals surface area contributed by atoms with Gasteiger partial charge in [-0.15, -0.1) is 11.3 Å². The van der Waals surface area contributed by atoms with Crippen molar-refractivity contribution in [2.24, 2.45) is 0 Å². The first-order chi connectivity index (χ1) is 13.4. The third-order valence-electron chi connectivity index (χ3n) is 4.91. The van der Waals surface area contributed by atoms with E-state index in [-0.39, 0.29) is 11.8 Å². The Balaban J connectivity index is 1.45. The Labute approximate surface area is 178 Å². The average molecular weight is 462 g/mol. The highest BCUT2D eigenvalue weighted by Crippen LogP contribution is 2.23. The lowest BCUT2D eigenvalue weighted by atomic mass is 10.1. The van der Waals surface area contributed by atoms with Crippen molar-refractivity contribution < 1.29 is 9.59 Å². The van der Waals surface area contributed by atoms with Gasteiger partial charge in [-0.25, -0.2) is 0 Å². The Bertz CT molecular complexity index is 886. The van der Waals surface area contributed by atoms with Crippen LogP contribution in [0.15, 0.2) is 40.2 Å². The highest BCUT2D eigenvalue weighted by molar-refractivity contribution is 9.11. The number of nitrogens with zero attached hydrogens (tertiary/aromatic N) is 2. The molecule has 28 heavy (non-hydrogen) atoms. The summed E-state index contributed by atoms with van der Waals surface area (Å²) in [6.07, 6.45) is 3.48. The molecule has 2 amide bonds. The summed E-state index contributed by atoms with van der Waals surface area (Å²) < 4.78 is 1.05. The van der Waals surface area contributed by atoms with E-state index in [0.717, 1.165) is 25.5 Å². The fraction of sp³-hybridized carbons (Fsp3) is 0.333. The molecule has 0 radical (unpaired) electrons. The van der Waals surface area contributed by atoms with Gasteiger partial charge in [0, 0.05) is 42.8 Å². The maximum atomic E-state index is 12.4. The number of benzene rings is 1. The molecule has 1 fully saturated rings. The third kappa shape index (κ3) is 5.53. The number of piperazine rings is 1. The maximum Gasteiger partial charge on any atom is 0.246 e. The second-order valence-corrected chi connectivity index (χ2v) is 9.37. The number of nitrogens with one attached hydrogen (secondary N) is 1. The summed E-state index contributed by atoms with van der Waals surface area (Å²) >= 11 is 5.01. The van der Waals surface area contributed by atoms with Crippen LogP contribution in [-0.4, -0.2) is 54.3 Å². The number of anilines is 1.